The molecular formula is C25H19ClN6O4. The molecule has 3 heterocycles. The summed E-state index contributed by atoms with van der Waals surface area (Å²) in [7, 11) is 0. The molecule has 3 aromatic heterocycles. The number of fused-ring (bicyclic) bond motifs is 2. The van der Waals surface area contributed by atoms with Crippen LogP contribution in [-0.2, 0) is 6.54 Å². The number of hydrogen-bond acceptors (Lipinski definition) is 6. The van der Waals surface area contributed by atoms with Gasteiger partial charge in [0.05, 0.1) is 16.6 Å². The summed E-state index contributed by atoms with van der Waals surface area (Å²) in [6.45, 7) is 0.876. The van der Waals surface area contributed by atoms with Crippen LogP contribution in [0.1, 0.15) is 26.5 Å². The van der Waals surface area contributed by atoms with Crippen LogP contribution < -0.4 is 16.4 Å². The zero-order valence-electron chi connectivity index (χ0n) is 18.7. The van der Waals surface area contributed by atoms with Crippen molar-refractivity contribution in [3.8, 4) is 0 Å². The van der Waals surface area contributed by atoms with Gasteiger partial charge in [-0.3, -0.25) is 14.6 Å². The van der Waals surface area contributed by atoms with Crippen molar-refractivity contribution in [3.05, 3.63) is 64.0 Å². The lowest BCUT2D eigenvalue weighted by atomic mass is 8.96. The normalized spacial score (nSPS) is 37.2. The second-order valence-corrected chi connectivity index (χ2v) is 11.6. The first-order valence-electron chi connectivity index (χ1n) is 12.1. The molecule has 6 saturated carbocycles. The van der Waals surface area contributed by atoms with E-state index in [2.05, 4.69) is 25.7 Å². The fraction of sp³-hybridized carbons (Fsp3) is 0.400. The molecular weight excluding hydrogens is 484 g/mol. The lowest BCUT2D eigenvalue weighted by Gasteiger charge is -3.10. The molecule has 6 fully saturated rings. The number of halogens is 1. The number of H-pyrrole nitrogens is 1. The monoisotopic (exact) mass is 502 g/mol. The molecule has 0 unspecified atom stereocenters. The van der Waals surface area contributed by atoms with Crippen molar-refractivity contribution < 1.29 is 14.0 Å². The first-order valence-corrected chi connectivity index (χ1v) is 12.5. The van der Waals surface area contributed by atoms with E-state index < -0.39 is 11.7 Å². The minimum atomic E-state index is -0.530. The molecule has 0 aliphatic heterocycles. The molecule has 0 radical (unpaired) electrons. The summed E-state index contributed by atoms with van der Waals surface area (Å²) in [5.74, 6) is 2.91. The third-order valence-electron chi connectivity index (χ3n) is 10.0. The first kappa shape index (κ1) is 19.5. The van der Waals surface area contributed by atoms with Crippen molar-refractivity contribution in [2.45, 2.75) is 11.4 Å². The Morgan fingerprint density at radius 3 is 2.61 bits per heavy atom. The molecule has 0 atom stereocenters. The van der Waals surface area contributed by atoms with Crippen molar-refractivity contribution >= 4 is 40.2 Å². The molecule has 0 spiro atoms. The van der Waals surface area contributed by atoms with Gasteiger partial charge < -0.3 is 15.1 Å². The molecule has 6 aliphatic carbocycles. The topological polar surface area (TPSA) is 134 Å². The van der Waals surface area contributed by atoms with Crippen LogP contribution in [0.5, 0.6) is 0 Å². The maximum Gasteiger partial charge on any atom is 0.417 e. The van der Waals surface area contributed by atoms with Crippen LogP contribution in [0.25, 0.3) is 16.7 Å². The van der Waals surface area contributed by atoms with Gasteiger partial charge in [0.25, 0.3) is 11.8 Å². The molecule has 11 heteroatoms. The lowest BCUT2D eigenvalue weighted by Crippen LogP contribution is -3.12. The summed E-state index contributed by atoms with van der Waals surface area (Å²) in [6.07, 6.45) is 1.56. The van der Waals surface area contributed by atoms with Gasteiger partial charge in [0.2, 0.25) is 0 Å². The number of carbonyl (C=O) groups excluding carboxylic acids is 2. The van der Waals surface area contributed by atoms with E-state index in [1.54, 1.807) is 30.5 Å². The molecule has 180 valence electrons. The number of nitrogens with one attached hydrogen (secondary N) is 3. The quantitative estimate of drug-likeness (QED) is 0.342. The maximum absolute atomic E-state index is 13.2. The number of benzene rings is 1. The Balaban J connectivity index is 0.936. The van der Waals surface area contributed by atoms with Crippen LogP contribution in [0.2, 0.25) is 0 Å². The average Bonchev–Trinajstić information content (AvgIpc) is 3.51. The largest absolute Gasteiger partial charge is 0.417 e. The third-order valence-corrected chi connectivity index (χ3v) is 10.8. The van der Waals surface area contributed by atoms with Crippen LogP contribution in [-0.4, -0.2) is 42.8 Å². The van der Waals surface area contributed by atoms with Gasteiger partial charge in [0.15, 0.2) is 11.2 Å². The van der Waals surface area contributed by atoms with E-state index >= 15 is 0 Å². The van der Waals surface area contributed by atoms with E-state index in [0.717, 1.165) is 5.56 Å². The first-order chi connectivity index (χ1) is 17.4. The summed E-state index contributed by atoms with van der Waals surface area (Å²) < 4.78 is 6.47. The van der Waals surface area contributed by atoms with E-state index in [0.29, 0.717) is 58.8 Å². The van der Waals surface area contributed by atoms with Gasteiger partial charge in [0.1, 0.15) is 11.4 Å². The second kappa shape index (κ2) is 5.83. The smallest absolute Gasteiger partial charge is 0.408 e. The Labute approximate surface area is 207 Å². The standard InChI is InChI=1S/C25H19ClN6O4/c26-25-18-15-19(25)17-20(25)16(18)24(15,17)8-28-22(34)12-6-11(30-14-3-4-29-32(12)14)21(33)27-7-9-1-2-13-10(5-9)31-23(35)36-13/h1-6,15-20H,7-8H2,(H,27,33)(H,28,34)(H,31,35). The Morgan fingerprint density at radius 1 is 1.06 bits per heavy atom. The predicted molar refractivity (Wildman–Crippen MR) is 125 cm³/mol. The van der Waals surface area contributed by atoms with Crippen molar-refractivity contribution in [2.75, 3.05) is 6.54 Å². The Bertz CT molecular complexity index is 1700. The molecule has 2 amide bonds. The van der Waals surface area contributed by atoms with E-state index in [-0.39, 0.29) is 34.1 Å². The minimum absolute atomic E-state index is 0.127. The minimum Gasteiger partial charge on any atom is -0.408 e. The molecule has 10 nitrogen and oxygen atoms in total. The van der Waals surface area contributed by atoms with Crippen molar-refractivity contribution in [2.24, 2.45) is 40.9 Å². The Kier molecular flexibility index (Phi) is 3.16. The van der Waals surface area contributed by atoms with E-state index in [9.17, 15) is 14.4 Å². The predicted octanol–water partition coefficient (Wildman–Crippen LogP) is 1.55. The fourth-order valence-electron chi connectivity index (χ4n) is 8.87. The Morgan fingerprint density at radius 2 is 1.83 bits per heavy atom. The zero-order valence-corrected chi connectivity index (χ0v) is 19.5. The number of aromatic amines is 1. The van der Waals surface area contributed by atoms with Crippen LogP contribution in [0.3, 0.4) is 0 Å². The second-order valence-electron chi connectivity index (χ2n) is 10.9. The van der Waals surface area contributed by atoms with E-state index in [4.69, 9.17) is 16.0 Å². The maximum atomic E-state index is 13.2. The van der Waals surface area contributed by atoms with Crippen LogP contribution in [0.15, 0.2) is 45.7 Å². The van der Waals surface area contributed by atoms with Crippen LogP contribution in [0, 0.1) is 40.9 Å². The van der Waals surface area contributed by atoms with Crippen molar-refractivity contribution in [1.82, 2.24) is 30.2 Å². The molecule has 1 aromatic carbocycles. The number of hydrogen-bond donors (Lipinski definition) is 3. The number of alkyl halides is 1. The number of nitrogens with zero attached hydrogens (tertiary/aromatic N) is 3. The lowest BCUT2D eigenvalue weighted by molar-refractivity contribution is -0.596. The van der Waals surface area contributed by atoms with E-state index in [1.165, 1.54) is 10.6 Å². The van der Waals surface area contributed by atoms with E-state index in [1.807, 2.05) is 0 Å². The number of amides is 2. The van der Waals surface area contributed by atoms with Crippen molar-refractivity contribution in [1.29, 1.82) is 0 Å². The highest BCUT2D eigenvalue weighted by atomic mass is 35.5. The van der Waals surface area contributed by atoms with Crippen LogP contribution >= 0.6 is 11.6 Å². The SMILES string of the molecule is O=C(NCc1ccc2oc(=O)[nH]c2c1)c1cc(C(=O)NCC23C4C5C2C2C3C4C52Cl)n2nccc2n1. The number of oxazole rings is 1. The van der Waals surface area contributed by atoms with Gasteiger partial charge in [-0.2, -0.15) is 5.10 Å². The summed E-state index contributed by atoms with van der Waals surface area (Å²) >= 11 is 6.73. The van der Waals surface area contributed by atoms with Gasteiger partial charge >= 0.3 is 5.76 Å². The number of aromatic nitrogens is 4. The zero-order chi connectivity index (χ0) is 24.1. The van der Waals surface area contributed by atoms with Crippen molar-refractivity contribution in [3.63, 3.8) is 0 Å². The third kappa shape index (κ3) is 1.86. The van der Waals surface area contributed by atoms with Gasteiger partial charge in [-0.15, -0.1) is 11.6 Å². The molecule has 0 bridgehead atoms. The van der Waals surface area contributed by atoms with Gasteiger partial charge in [-0.25, -0.2) is 14.3 Å². The molecule has 36 heavy (non-hydrogen) atoms. The highest BCUT2D eigenvalue weighted by Crippen LogP contribution is 3.08. The summed E-state index contributed by atoms with van der Waals surface area (Å²) in [6, 6.07) is 8.32. The molecule has 10 rings (SSSR count). The van der Waals surface area contributed by atoms with Gasteiger partial charge in [0, 0.05) is 25.2 Å². The summed E-state index contributed by atoms with van der Waals surface area (Å²) in [4.78, 5) is 44.7. The number of carbonyl (C=O) groups is 2. The van der Waals surface area contributed by atoms with Crippen LogP contribution in [0.4, 0.5) is 0 Å². The molecule has 4 aromatic rings. The average molecular weight is 503 g/mol. The highest BCUT2D eigenvalue weighted by molar-refractivity contribution is 6.28. The molecule has 6 aliphatic rings. The fourth-order valence-corrected chi connectivity index (χ4v) is 9.68. The highest BCUT2D eigenvalue weighted by Gasteiger charge is 3.09. The van der Waals surface area contributed by atoms with Gasteiger partial charge in [-0.05, 0) is 58.6 Å². The number of rotatable bonds is 6. The molecule has 0 saturated heterocycles. The van der Waals surface area contributed by atoms with Gasteiger partial charge in [-0.1, -0.05) is 6.07 Å². The summed E-state index contributed by atoms with van der Waals surface area (Å²) in [5, 5.41) is 10.2. The summed E-state index contributed by atoms with van der Waals surface area (Å²) in [5.41, 5.74) is 2.88. The molecule has 3 N–H and O–H groups in total. The Hall–Kier alpha value is -3.66.